The van der Waals surface area contributed by atoms with Crippen molar-refractivity contribution in [2.45, 2.75) is 19.5 Å². The Morgan fingerprint density at radius 1 is 1.50 bits per heavy atom. The van der Waals surface area contributed by atoms with Crippen LogP contribution in [-0.4, -0.2) is 49.6 Å². The molecule has 1 aliphatic heterocycles. The Labute approximate surface area is 124 Å². The van der Waals surface area contributed by atoms with Gasteiger partial charge in [-0.1, -0.05) is 11.6 Å². The molecule has 7 heteroatoms. The smallest absolute Gasteiger partial charge is 0.176 e. The Bertz CT molecular complexity index is 603. The second-order valence-corrected chi connectivity index (χ2v) is 7.70. The summed E-state index contributed by atoms with van der Waals surface area (Å²) < 4.78 is 28.2. The first-order chi connectivity index (χ1) is 9.32. The van der Waals surface area contributed by atoms with Gasteiger partial charge < -0.3 is 9.84 Å². The van der Waals surface area contributed by atoms with E-state index in [4.69, 9.17) is 16.3 Å². The van der Waals surface area contributed by atoms with E-state index in [9.17, 15) is 13.5 Å². The number of hydrogen-bond acceptors (Lipinski definition) is 5. The third-order valence-electron chi connectivity index (χ3n) is 3.50. The first kappa shape index (κ1) is 15.4. The first-order valence-corrected chi connectivity index (χ1v) is 8.52. The van der Waals surface area contributed by atoms with Gasteiger partial charge in [0.15, 0.2) is 21.3 Å². The lowest BCUT2D eigenvalue weighted by Gasteiger charge is -2.33. The van der Waals surface area contributed by atoms with Gasteiger partial charge in [0.05, 0.1) is 23.6 Å². The number of sulfone groups is 1. The zero-order valence-corrected chi connectivity index (χ0v) is 13.0. The van der Waals surface area contributed by atoms with Gasteiger partial charge in [-0.25, -0.2) is 8.42 Å². The third-order valence-corrected chi connectivity index (χ3v) is 5.58. The van der Waals surface area contributed by atoms with Crippen molar-refractivity contribution in [3.05, 3.63) is 22.7 Å². The molecule has 1 aromatic rings. The van der Waals surface area contributed by atoms with E-state index in [0.717, 1.165) is 5.56 Å². The Morgan fingerprint density at radius 2 is 2.20 bits per heavy atom. The molecule has 1 N–H and O–H groups in total. The summed E-state index contributed by atoms with van der Waals surface area (Å²) in [5, 5.41) is 9.93. The van der Waals surface area contributed by atoms with Crippen LogP contribution in [0.2, 0.25) is 5.02 Å². The minimum atomic E-state index is -2.92. The molecule has 0 amide bonds. The molecule has 2 rings (SSSR count). The van der Waals surface area contributed by atoms with E-state index in [2.05, 4.69) is 4.90 Å². The summed E-state index contributed by atoms with van der Waals surface area (Å²) in [6.07, 6.45) is 0. The lowest BCUT2D eigenvalue weighted by molar-refractivity contribution is 0.217. The fourth-order valence-electron chi connectivity index (χ4n) is 2.38. The van der Waals surface area contributed by atoms with Crippen molar-refractivity contribution in [1.82, 2.24) is 4.90 Å². The van der Waals surface area contributed by atoms with E-state index >= 15 is 0 Å². The van der Waals surface area contributed by atoms with Crippen molar-refractivity contribution < 1.29 is 18.3 Å². The van der Waals surface area contributed by atoms with Crippen molar-refractivity contribution in [3.8, 4) is 11.5 Å². The Morgan fingerprint density at radius 3 is 2.80 bits per heavy atom. The molecule has 0 saturated carbocycles. The van der Waals surface area contributed by atoms with Crippen LogP contribution in [0, 0.1) is 0 Å². The van der Waals surface area contributed by atoms with Gasteiger partial charge in [0.1, 0.15) is 0 Å². The van der Waals surface area contributed by atoms with E-state index in [-0.39, 0.29) is 28.3 Å². The molecule has 0 spiro atoms. The molecular weight excluding hydrogens is 302 g/mol. The zero-order chi connectivity index (χ0) is 14.9. The largest absolute Gasteiger partial charge is 0.503 e. The Kier molecular flexibility index (Phi) is 4.46. The minimum Gasteiger partial charge on any atom is -0.503 e. The molecule has 1 saturated heterocycles. The quantitative estimate of drug-likeness (QED) is 0.918. The second-order valence-electron chi connectivity index (χ2n) is 5.06. The predicted octanol–water partition coefficient (Wildman–Crippen LogP) is 1.67. The molecule has 112 valence electrons. The van der Waals surface area contributed by atoms with Gasteiger partial charge >= 0.3 is 0 Å². The van der Waals surface area contributed by atoms with E-state index in [0.29, 0.717) is 18.8 Å². The minimum absolute atomic E-state index is 0.0349. The summed E-state index contributed by atoms with van der Waals surface area (Å²) in [7, 11) is -1.45. The molecule has 0 aliphatic carbocycles. The highest BCUT2D eigenvalue weighted by Gasteiger charge is 2.28. The monoisotopic (exact) mass is 319 g/mol. The molecule has 0 radical (unpaired) electrons. The van der Waals surface area contributed by atoms with Crippen molar-refractivity contribution in [2.75, 3.05) is 25.2 Å². The molecule has 1 fully saturated rings. The number of benzene rings is 1. The molecule has 1 heterocycles. The molecule has 1 atom stereocenters. The van der Waals surface area contributed by atoms with Crippen LogP contribution in [0.4, 0.5) is 0 Å². The van der Waals surface area contributed by atoms with E-state index < -0.39 is 9.84 Å². The van der Waals surface area contributed by atoms with Gasteiger partial charge in [-0.05, 0) is 24.6 Å². The SMILES string of the molecule is COc1cc(CN2CCS(=O)(=O)CC2C)cc(Cl)c1O. The number of hydrogen-bond donors (Lipinski definition) is 1. The predicted molar refractivity (Wildman–Crippen MR) is 78.2 cm³/mol. The van der Waals surface area contributed by atoms with Crippen LogP contribution in [0.3, 0.4) is 0 Å². The third kappa shape index (κ3) is 3.37. The van der Waals surface area contributed by atoms with Crippen LogP contribution in [0.15, 0.2) is 12.1 Å². The fraction of sp³-hybridized carbons (Fsp3) is 0.538. The molecule has 0 bridgehead atoms. The van der Waals surface area contributed by atoms with E-state index in [1.54, 1.807) is 12.1 Å². The number of ether oxygens (including phenoxy) is 1. The number of nitrogens with zero attached hydrogens (tertiary/aromatic N) is 1. The van der Waals surface area contributed by atoms with Crippen LogP contribution in [0.25, 0.3) is 0 Å². The Balaban J connectivity index is 2.17. The van der Waals surface area contributed by atoms with Crippen LogP contribution in [-0.2, 0) is 16.4 Å². The molecule has 1 aliphatic rings. The number of aromatic hydroxyl groups is 1. The van der Waals surface area contributed by atoms with Gasteiger partial charge in [0, 0.05) is 19.1 Å². The van der Waals surface area contributed by atoms with Crippen molar-refractivity contribution in [2.24, 2.45) is 0 Å². The summed E-state index contributed by atoms with van der Waals surface area (Å²) in [6.45, 7) is 2.98. The zero-order valence-electron chi connectivity index (χ0n) is 11.5. The normalized spacial score (nSPS) is 22.6. The van der Waals surface area contributed by atoms with Crippen LogP contribution >= 0.6 is 11.6 Å². The summed E-state index contributed by atoms with van der Waals surface area (Å²) in [4.78, 5) is 2.09. The summed E-state index contributed by atoms with van der Waals surface area (Å²) in [5.74, 6) is 0.605. The van der Waals surface area contributed by atoms with Crippen LogP contribution in [0.5, 0.6) is 11.5 Å². The Hall–Kier alpha value is -0.980. The van der Waals surface area contributed by atoms with E-state index in [1.165, 1.54) is 7.11 Å². The second kappa shape index (κ2) is 5.79. The van der Waals surface area contributed by atoms with Gasteiger partial charge in [-0.3, -0.25) is 4.90 Å². The average Bonchev–Trinajstić information content (AvgIpc) is 2.36. The van der Waals surface area contributed by atoms with Crippen molar-refractivity contribution in [1.29, 1.82) is 0 Å². The molecule has 1 aromatic carbocycles. The maximum atomic E-state index is 11.6. The highest BCUT2D eigenvalue weighted by atomic mass is 35.5. The first-order valence-electron chi connectivity index (χ1n) is 6.32. The maximum absolute atomic E-state index is 11.6. The fourth-order valence-corrected chi connectivity index (χ4v) is 4.23. The van der Waals surface area contributed by atoms with Gasteiger partial charge in [-0.2, -0.15) is 0 Å². The van der Waals surface area contributed by atoms with Gasteiger partial charge in [-0.15, -0.1) is 0 Å². The molecule has 0 aromatic heterocycles. The standard InChI is InChI=1S/C13H18ClNO4S/c1-9-8-20(17,18)4-3-15(9)7-10-5-11(14)13(16)12(6-10)19-2/h5-6,9,16H,3-4,7-8H2,1-2H3. The number of rotatable bonds is 3. The highest BCUT2D eigenvalue weighted by molar-refractivity contribution is 7.91. The summed E-state index contributed by atoms with van der Waals surface area (Å²) in [5.41, 5.74) is 0.885. The van der Waals surface area contributed by atoms with E-state index in [1.807, 2.05) is 6.92 Å². The van der Waals surface area contributed by atoms with Gasteiger partial charge in [0.25, 0.3) is 0 Å². The van der Waals surface area contributed by atoms with Gasteiger partial charge in [0.2, 0.25) is 0 Å². The maximum Gasteiger partial charge on any atom is 0.176 e. The molecule has 20 heavy (non-hydrogen) atoms. The lowest BCUT2D eigenvalue weighted by atomic mass is 10.1. The number of methoxy groups -OCH3 is 1. The van der Waals surface area contributed by atoms with Crippen LogP contribution < -0.4 is 4.74 Å². The molecule has 1 unspecified atom stereocenters. The molecule has 5 nitrogen and oxygen atoms in total. The molecular formula is C13H18ClNO4S. The highest BCUT2D eigenvalue weighted by Crippen LogP contribution is 2.35. The van der Waals surface area contributed by atoms with Crippen molar-refractivity contribution in [3.63, 3.8) is 0 Å². The number of phenolic OH excluding ortho intramolecular Hbond substituents is 1. The topological polar surface area (TPSA) is 66.8 Å². The summed E-state index contributed by atoms with van der Waals surface area (Å²) >= 11 is 5.95. The van der Waals surface area contributed by atoms with Crippen molar-refractivity contribution >= 4 is 21.4 Å². The average molecular weight is 320 g/mol. The van der Waals surface area contributed by atoms with Crippen LogP contribution in [0.1, 0.15) is 12.5 Å². The summed E-state index contributed by atoms with van der Waals surface area (Å²) in [6, 6.07) is 3.36. The number of halogens is 1. The lowest BCUT2D eigenvalue weighted by Crippen LogP contribution is -2.46. The number of phenols is 1.